The first-order valence-electron chi connectivity index (χ1n) is 8.99. The van der Waals surface area contributed by atoms with Gasteiger partial charge in [0.25, 0.3) is 0 Å². The van der Waals surface area contributed by atoms with E-state index < -0.39 is 21.1 Å². The van der Waals surface area contributed by atoms with Gasteiger partial charge in [-0.1, -0.05) is 38.5 Å². The third-order valence-electron chi connectivity index (χ3n) is 4.17. The molecule has 6 nitrogen and oxygen atoms in total. The third kappa shape index (κ3) is 4.33. The summed E-state index contributed by atoms with van der Waals surface area (Å²) in [6, 6.07) is 9.94. The van der Waals surface area contributed by atoms with Crippen LogP contribution in [0.15, 0.2) is 41.3 Å². The van der Waals surface area contributed by atoms with E-state index in [-0.39, 0.29) is 17.2 Å². The summed E-state index contributed by atoms with van der Waals surface area (Å²) in [4.78, 5) is 12.3. The molecule has 7 heteroatoms. The molecule has 2 aromatic rings. The predicted octanol–water partition coefficient (Wildman–Crippen LogP) is 3.78. The molecule has 0 amide bonds. The number of carbonyl (C=O) groups is 1. The molecule has 1 heterocycles. The highest BCUT2D eigenvalue weighted by atomic mass is 32.2. The van der Waals surface area contributed by atoms with Crippen LogP contribution >= 0.6 is 0 Å². The van der Waals surface area contributed by atoms with E-state index in [0.717, 1.165) is 12.8 Å². The van der Waals surface area contributed by atoms with Crippen LogP contribution in [0, 0.1) is 0 Å². The van der Waals surface area contributed by atoms with E-state index in [0.29, 0.717) is 18.7 Å². The van der Waals surface area contributed by atoms with E-state index in [1.165, 1.54) is 0 Å². The van der Waals surface area contributed by atoms with E-state index >= 15 is 0 Å². The number of esters is 1. The zero-order valence-electron chi connectivity index (χ0n) is 15.5. The second kappa shape index (κ2) is 8.98. The molecule has 0 N–H and O–H groups in total. The van der Waals surface area contributed by atoms with Gasteiger partial charge in [-0.25, -0.2) is 13.2 Å². The van der Waals surface area contributed by atoms with Crippen molar-refractivity contribution in [2.75, 3.05) is 6.61 Å². The number of ether oxygens (including phenoxy) is 1. The Hall–Kier alpha value is -2.15. The van der Waals surface area contributed by atoms with Gasteiger partial charge < -0.3 is 4.74 Å². The fourth-order valence-electron chi connectivity index (χ4n) is 2.84. The van der Waals surface area contributed by atoms with Gasteiger partial charge in [-0.15, -0.1) is 0 Å². The standard InChI is InChI=1S/C19H26N2O4S/c1-4-7-13-21-17(14-16(20-21)19(22)25-6-3)18(5-2)26(23,24)15-11-9-8-10-12-15/h8-12,14,18H,4-7,13H2,1-3H3. The highest BCUT2D eigenvalue weighted by Gasteiger charge is 2.32. The highest BCUT2D eigenvalue weighted by molar-refractivity contribution is 7.91. The van der Waals surface area contributed by atoms with Gasteiger partial charge in [-0.2, -0.15) is 5.10 Å². The Morgan fingerprint density at radius 3 is 2.46 bits per heavy atom. The Kier molecular flexibility index (Phi) is 6.97. The average molecular weight is 378 g/mol. The van der Waals surface area contributed by atoms with Crippen molar-refractivity contribution < 1.29 is 17.9 Å². The van der Waals surface area contributed by atoms with E-state index in [1.807, 2.05) is 13.8 Å². The van der Waals surface area contributed by atoms with Crippen LogP contribution in [-0.4, -0.2) is 30.8 Å². The zero-order chi connectivity index (χ0) is 19.2. The van der Waals surface area contributed by atoms with Crippen molar-refractivity contribution in [3.63, 3.8) is 0 Å². The maximum Gasteiger partial charge on any atom is 0.358 e. The summed E-state index contributed by atoms with van der Waals surface area (Å²) in [7, 11) is -3.59. The van der Waals surface area contributed by atoms with Crippen LogP contribution in [0.5, 0.6) is 0 Å². The van der Waals surface area contributed by atoms with Crippen LogP contribution in [0.4, 0.5) is 0 Å². The van der Waals surface area contributed by atoms with Crippen LogP contribution in [0.25, 0.3) is 0 Å². The number of hydrogen-bond donors (Lipinski definition) is 0. The van der Waals surface area contributed by atoms with Gasteiger partial charge in [-0.3, -0.25) is 4.68 Å². The summed E-state index contributed by atoms with van der Waals surface area (Å²) in [5.74, 6) is -0.532. The Morgan fingerprint density at radius 1 is 1.19 bits per heavy atom. The van der Waals surface area contributed by atoms with Crippen molar-refractivity contribution in [3.8, 4) is 0 Å². The summed E-state index contributed by atoms with van der Waals surface area (Å²) in [6.07, 6.45) is 2.17. The van der Waals surface area contributed by atoms with Gasteiger partial charge in [0.2, 0.25) is 0 Å². The Labute approximate surface area is 155 Å². The highest BCUT2D eigenvalue weighted by Crippen LogP contribution is 2.32. The Morgan fingerprint density at radius 2 is 1.88 bits per heavy atom. The van der Waals surface area contributed by atoms with Crippen LogP contribution in [0.1, 0.15) is 61.5 Å². The van der Waals surface area contributed by atoms with E-state index in [2.05, 4.69) is 5.10 Å². The number of nitrogens with zero attached hydrogens (tertiary/aromatic N) is 2. The lowest BCUT2D eigenvalue weighted by atomic mass is 10.2. The monoisotopic (exact) mass is 378 g/mol. The molecule has 142 valence electrons. The summed E-state index contributed by atoms with van der Waals surface area (Å²) < 4.78 is 32.9. The van der Waals surface area contributed by atoms with Crippen LogP contribution < -0.4 is 0 Å². The van der Waals surface area contributed by atoms with Crippen molar-refractivity contribution in [2.45, 2.75) is 56.7 Å². The maximum absolute atomic E-state index is 13.1. The maximum atomic E-state index is 13.1. The molecule has 0 aliphatic heterocycles. The fourth-order valence-corrected chi connectivity index (χ4v) is 4.66. The summed E-state index contributed by atoms with van der Waals surface area (Å²) in [6.45, 7) is 6.41. The first kappa shape index (κ1) is 20.2. The van der Waals surface area contributed by atoms with Crippen LogP contribution in [-0.2, 0) is 21.1 Å². The molecule has 1 aromatic carbocycles. The molecule has 1 unspecified atom stereocenters. The number of rotatable bonds is 9. The smallest absolute Gasteiger partial charge is 0.358 e. The normalized spacial score (nSPS) is 12.7. The fraction of sp³-hybridized carbons (Fsp3) is 0.474. The summed E-state index contributed by atoms with van der Waals surface area (Å²) in [5, 5.41) is 3.55. The molecular formula is C19H26N2O4S. The first-order valence-corrected chi connectivity index (χ1v) is 10.5. The number of sulfone groups is 1. The van der Waals surface area contributed by atoms with E-state index in [9.17, 15) is 13.2 Å². The lowest BCUT2D eigenvalue weighted by molar-refractivity contribution is 0.0518. The molecule has 0 saturated carbocycles. The minimum atomic E-state index is -3.59. The first-order chi connectivity index (χ1) is 12.5. The van der Waals surface area contributed by atoms with Gasteiger partial charge >= 0.3 is 5.97 Å². The van der Waals surface area contributed by atoms with Gasteiger partial charge in [0.15, 0.2) is 15.5 Å². The number of unbranched alkanes of at least 4 members (excludes halogenated alkanes) is 1. The molecular weight excluding hydrogens is 352 g/mol. The molecule has 0 bridgehead atoms. The second-order valence-corrected chi connectivity index (χ2v) is 8.14. The van der Waals surface area contributed by atoms with Crippen molar-refractivity contribution in [1.29, 1.82) is 0 Å². The lowest BCUT2D eigenvalue weighted by Crippen LogP contribution is -2.18. The average Bonchev–Trinajstić information content (AvgIpc) is 3.05. The largest absolute Gasteiger partial charge is 0.461 e. The second-order valence-electron chi connectivity index (χ2n) is 6.01. The SMILES string of the molecule is CCCCn1nc(C(=O)OCC)cc1C(CC)S(=O)(=O)c1ccccc1. The number of hydrogen-bond acceptors (Lipinski definition) is 5. The van der Waals surface area contributed by atoms with Crippen molar-refractivity contribution in [2.24, 2.45) is 0 Å². The molecule has 26 heavy (non-hydrogen) atoms. The zero-order valence-corrected chi connectivity index (χ0v) is 16.3. The van der Waals surface area contributed by atoms with Crippen molar-refractivity contribution in [1.82, 2.24) is 9.78 Å². The van der Waals surface area contributed by atoms with E-state index in [4.69, 9.17) is 4.74 Å². The van der Waals surface area contributed by atoms with Gasteiger partial charge in [0, 0.05) is 6.54 Å². The number of aryl methyl sites for hydroxylation is 1. The molecule has 1 aromatic heterocycles. The molecule has 0 radical (unpaired) electrons. The Balaban J connectivity index is 2.49. The van der Waals surface area contributed by atoms with Gasteiger partial charge in [0.1, 0.15) is 5.25 Å². The molecule has 0 spiro atoms. The van der Waals surface area contributed by atoms with E-state index in [1.54, 1.807) is 48.0 Å². The molecule has 0 aliphatic rings. The predicted molar refractivity (Wildman–Crippen MR) is 99.8 cm³/mol. The topological polar surface area (TPSA) is 78.3 Å². The summed E-state index contributed by atoms with van der Waals surface area (Å²) >= 11 is 0. The van der Waals surface area contributed by atoms with Crippen LogP contribution in [0.2, 0.25) is 0 Å². The van der Waals surface area contributed by atoms with Crippen molar-refractivity contribution >= 4 is 15.8 Å². The Bertz CT molecular complexity index is 828. The quantitative estimate of drug-likeness (QED) is 0.621. The van der Waals surface area contributed by atoms with Crippen LogP contribution in [0.3, 0.4) is 0 Å². The minimum absolute atomic E-state index is 0.152. The summed E-state index contributed by atoms with van der Waals surface area (Å²) in [5.41, 5.74) is 0.688. The third-order valence-corrected chi connectivity index (χ3v) is 6.42. The number of aromatic nitrogens is 2. The molecule has 0 saturated heterocycles. The lowest BCUT2D eigenvalue weighted by Gasteiger charge is -2.17. The molecule has 0 fully saturated rings. The molecule has 2 rings (SSSR count). The van der Waals surface area contributed by atoms with Gasteiger partial charge in [-0.05, 0) is 38.0 Å². The van der Waals surface area contributed by atoms with Crippen molar-refractivity contribution in [3.05, 3.63) is 47.8 Å². The molecule has 0 aliphatic carbocycles. The number of benzene rings is 1. The minimum Gasteiger partial charge on any atom is -0.461 e. The molecule has 1 atom stereocenters. The van der Waals surface area contributed by atoms with Gasteiger partial charge in [0.05, 0.1) is 17.2 Å². The number of carbonyl (C=O) groups excluding carboxylic acids is 1.